The lowest BCUT2D eigenvalue weighted by atomic mass is 9.34. The summed E-state index contributed by atoms with van der Waals surface area (Å²) in [6.07, 6.45) is 0. The highest BCUT2D eigenvalue weighted by Gasteiger charge is 2.43. The summed E-state index contributed by atoms with van der Waals surface area (Å²) in [5, 5.41) is 20.8. The van der Waals surface area contributed by atoms with Crippen molar-refractivity contribution in [1.29, 1.82) is 0 Å². The normalized spacial score (nSPS) is 14.6. The second-order valence-corrected chi connectivity index (χ2v) is 26.5. The Bertz CT molecular complexity index is 6100. The van der Waals surface area contributed by atoms with Gasteiger partial charge in [-0.2, -0.15) is 0 Å². The molecule has 3 heteroatoms. The minimum Gasteiger partial charge on any atom is -0.310 e. The third-order valence-electron chi connectivity index (χ3n) is 21.8. The molecule has 2 aliphatic heterocycles. The van der Waals surface area contributed by atoms with Crippen LogP contribution in [-0.4, -0.2) is 15.8 Å². The van der Waals surface area contributed by atoms with Crippen LogP contribution in [0.1, 0.15) is 49.9 Å². The summed E-state index contributed by atoms with van der Waals surface area (Å²) in [5.74, 6) is 0. The van der Waals surface area contributed by atoms with Crippen molar-refractivity contribution in [3.05, 3.63) is 271 Å². The van der Waals surface area contributed by atoms with Crippen molar-refractivity contribution in [2.24, 2.45) is 0 Å². The van der Waals surface area contributed by atoms with Gasteiger partial charge in [0, 0.05) is 60.0 Å². The molecular formula is C84H53BN2. The zero-order valence-electron chi connectivity index (χ0n) is 48.6. The van der Waals surface area contributed by atoms with Gasteiger partial charge in [-0.15, -0.1) is 0 Å². The van der Waals surface area contributed by atoms with Crippen molar-refractivity contribution in [2.45, 2.75) is 38.5 Å². The van der Waals surface area contributed by atoms with Gasteiger partial charge in [-0.3, -0.25) is 0 Å². The van der Waals surface area contributed by atoms with E-state index in [-0.39, 0.29) is 17.5 Å². The molecule has 4 heterocycles. The molecule has 21 rings (SSSR count). The summed E-state index contributed by atoms with van der Waals surface area (Å²) < 4.78 is 5.35. The van der Waals surface area contributed by atoms with E-state index < -0.39 is 0 Å². The van der Waals surface area contributed by atoms with E-state index in [0.29, 0.717) is 0 Å². The average Bonchev–Trinajstić information content (AvgIpc) is 1.59. The molecule has 0 radical (unpaired) electrons. The van der Waals surface area contributed by atoms with Gasteiger partial charge in [0.1, 0.15) is 0 Å². The number of hydrogen-bond acceptors (Lipinski definition) is 0. The van der Waals surface area contributed by atoms with Gasteiger partial charge >= 0.3 is 0 Å². The molecule has 0 fully saturated rings. The van der Waals surface area contributed by atoms with Crippen molar-refractivity contribution in [2.75, 3.05) is 0 Å². The Morgan fingerprint density at radius 3 is 1.29 bits per heavy atom. The van der Waals surface area contributed by atoms with E-state index in [2.05, 4.69) is 286 Å². The van der Waals surface area contributed by atoms with Crippen LogP contribution in [-0.2, 0) is 10.8 Å². The molecule has 402 valence electrons. The predicted octanol–water partition coefficient (Wildman–Crippen LogP) is 19.9. The van der Waals surface area contributed by atoms with Gasteiger partial charge in [0.15, 0.2) is 0 Å². The fraction of sp³-hybridized carbons (Fsp3) is 0.0714. The Hall–Kier alpha value is -10.5. The van der Waals surface area contributed by atoms with Crippen molar-refractivity contribution >= 4 is 131 Å². The highest BCUT2D eigenvalue weighted by molar-refractivity contribution is 7.00. The average molecular weight is 1100 g/mol. The van der Waals surface area contributed by atoms with Gasteiger partial charge in [-0.05, 0) is 186 Å². The lowest BCUT2D eigenvalue weighted by molar-refractivity contribution is 0.660. The molecule has 87 heavy (non-hydrogen) atoms. The van der Waals surface area contributed by atoms with Crippen LogP contribution in [0.5, 0.6) is 0 Å². The van der Waals surface area contributed by atoms with Crippen LogP contribution in [0, 0.1) is 0 Å². The topological polar surface area (TPSA) is 9.86 Å². The molecule has 15 aromatic carbocycles. The molecule has 0 N–H and O–H groups in total. The van der Waals surface area contributed by atoms with Crippen LogP contribution in [0.4, 0.5) is 0 Å². The third kappa shape index (κ3) is 5.62. The van der Waals surface area contributed by atoms with E-state index >= 15 is 0 Å². The van der Waals surface area contributed by atoms with E-state index in [1.165, 1.54) is 203 Å². The lowest BCUT2D eigenvalue weighted by Crippen LogP contribution is -2.59. The quantitative estimate of drug-likeness (QED) is 0.121. The maximum Gasteiger partial charge on any atom is 0.252 e. The first kappa shape index (κ1) is 46.8. The molecular weight excluding hydrogens is 1050 g/mol. The molecule has 2 nitrogen and oxygen atoms in total. The van der Waals surface area contributed by atoms with E-state index in [0.717, 1.165) is 0 Å². The molecule has 0 saturated heterocycles. The van der Waals surface area contributed by atoms with E-state index in [1.807, 2.05) is 0 Å². The van der Waals surface area contributed by atoms with Gasteiger partial charge in [-0.25, -0.2) is 0 Å². The molecule has 4 aliphatic rings. The standard InChI is InChI=1S/C84H53BN2/c1-83(2)66-28-15-13-24-56(66)58-35-32-47(42-68(58)83)46-34-38-72-64(40-46)79-77-61-27-12-10-21-53(61)51-19-6-8-23-55(51)63(77)45-71-82(79)86(72)74-30-17-31-75-80(74)85(71)70-44-49(48-33-36-59-57-25-14-16-29-67(57)84(3,4)69(59)43-48)41-65-78-73(87(75)81(65)70)39-37-62-54-22-7-5-18-50(54)52-20-9-11-26-60(52)76(62)78/h5-45H,1-4H3. The number of rotatable bonds is 2. The number of nitrogens with zero attached hydrogens (tertiary/aromatic N) is 2. The molecule has 2 aromatic heterocycles. The largest absolute Gasteiger partial charge is 0.310 e. The third-order valence-corrected chi connectivity index (χ3v) is 21.8. The Kier molecular flexibility index (Phi) is 8.55. The summed E-state index contributed by atoms with van der Waals surface area (Å²) in [7, 11) is 0. The zero-order valence-corrected chi connectivity index (χ0v) is 48.6. The Morgan fingerprint density at radius 2 is 0.690 bits per heavy atom. The molecule has 2 aliphatic carbocycles. The fourth-order valence-corrected chi connectivity index (χ4v) is 18.1. The van der Waals surface area contributed by atoms with E-state index in [9.17, 15) is 0 Å². The number of fused-ring (bicyclic) bond motifs is 30. The minimum atomic E-state index is -0.149. The van der Waals surface area contributed by atoms with Crippen LogP contribution < -0.4 is 16.4 Å². The smallest absolute Gasteiger partial charge is 0.252 e. The maximum absolute atomic E-state index is 2.68. The molecule has 0 unspecified atom stereocenters. The van der Waals surface area contributed by atoms with Crippen LogP contribution in [0.2, 0.25) is 0 Å². The summed E-state index contributed by atoms with van der Waals surface area (Å²) in [4.78, 5) is 0. The Balaban J connectivity index is 0.920. The first-order valence-electron chi connectivity index (χ1n) is 31.0. The van der Waals surface area contributed by atoms with E-state index in [4.69, 9.17) is 0 Å². The van der Waals surface area contributed by atoms with Crippen molar-refractivity contribution < 1.29 is 0 Å². The highest BCUT2D eigenvalue weighted by Crippen LogP contribution is 2.54. The van der Waals surface area contributed by atoms with Gasteiger partial charge in [0.25, 0.3) is 6.71 Å². The molecule has 0 bridgehead atoms. The highest BCUT2D eigenvalue weighted by atomic mass is 15.0. The summed E-state index contributed by atoms with van der Waals surface area (Å²) in [5.41, 5.74) is 27.3. The Labute approximate surface area is 502 Å². The first-order valence-corrected chi connectivity index (χ1v) is 31.0. The number of aromatic nitrogens is 2. The summed E-state index contributed by atoms with van der Waals surface area (Å²) >= 11 is 0. The van der Waals surface area contributed by atoms with Gasteiger partial charge in [0.2, 0.25) is 0 Å². The number of benzene rings is 15. The fourth-order valence-electron chi connectivity index (χ4n) is 18.1. The monoisotopic (exact) mass is 1100 g/mol. The van der Waals surface area contributed by atoms with Gasteiger partial charge in [-0.1, -0.05) is 228 Å². The second kappa shape index (κ2) is 15.9. The van der Waals surface area contributed by atoms with Crippen LogP contribution in [0.25, 0.3) is 164 Å². The van der Waals surface area contributed by atoms with Gasteiger partial charge < -0.3 is 9.13 Å². The summed E-state index contributed by atoms with van der Waals surface area (Å²) in [6, 6.07) is 96.5. The van der Waals surface area contributed by atoms with Crippen molar-refractivity contribution in [3.8, 4) is 55.9 Å². The molecule has 0 saturated carbocycles. The molecule has 0 amide bonds. The minimum absolute atomic E-state index is 0.0941. The summed E-state index contributed by atoms with van der Waals surface area (Å²) in [6.45, 7) is 9.52. The first-order chi connectivity index (χ1) is 42.7. The Morgan fingerprint density at radius 1 is 0.264 bits per heavy atom. The molecule has 0 atom stereocenters. The SMILES string of the molecule is CC1(C)c2ccccc2-c2ccc(-c3ccc4c(c3)c3c5c6ccccc6c6ccccc6c5cc5c3n4-c3cccc4c3B5c3cc(-c5ccc6c(c5)C(C)(C)c5ccccc5-6)cc5c6c7c8ccccc8c8ccccc8c7ccc6n-4c35)cc21. The lowest BCUT2D eigenvalue weighted by Gasteiger charge is -2.34. The molecule has 17 aromatic rings. The zero-order chi connectivity index (χ0) is 57.1. The second-order valence-electron chi connectivity index (χ2n) is 26.5. The van der Waals surface area contributed by atoms with E-state index in [1.54, 1.807) is 0 Å². The van der Waals surface area contributed by atoms with Crippen LogP contribution >= 0.6 is 0 Å². The number of hydrogen-bond donors (Lipinski definition) is 0. The van der Waals surface area contributed by atoms with Crippen molar-refractivity contribution in [3.63, 3.8) is 0 Å². The predicted molar refractivity (Wildman–Crippen MR) is 371 cm³/mol. The maximum atomic E-state index is 2.68. The van der Waals surface area contributed by atoms with Gasteiger partial charge in [0.05, 0.1) is 16.6 Å². The van der Waals surface area contributed by atoms with Crippen LogP contribution in [0.15, 0.2) is 249 Å². The molecule has 0 spiro atoms. The van der Waals surface area contributed by atoms with Crippen LogP contribution in [0.3, 0.4) is 0 Å². The van der Waals surface area contributed by atoms with Crippen molar-refractivity contribution in [1.82, 2.24) is 9.13 Å².